The maximum atomic E-state index is 14.5. The van der Waals surface area contributed by atoms with Crippen molar-refractivity contribution in [3.05, 3.63) is 24.2 Å². The van der Waals surface area contributed by atoms with Gasteiger partial charge < -0.3 is 0 Å². The SMILES string of the molecule is Fc1ncc2n1C1CCCCC1C1NN=C(n3nncc3C3CC3)N21. The van der Waals surface area contributed by atoms with Gasteiger partial charge in [-0.1, -0.05) is 18.1 Å². The highest BCUT2D eigenvalue weighted by Crippen LogP contribution is 2.46. The minimum absolute atomic E-state index is 0.0279. The summed E-state index contributed by atoms with van der Waals surface area (Å²) in [4.78, 5) is 6.02. The highest BCUT2D eigenvalue weighted by Gasteiger charge is 2.49. The lowest BCUT2D eigenvalue weighted by Gasteiger charge is -2.45. The van der Waals surface area contributed by atoms with Crippen LogP contribution in [0.4, 0.5) is 10.2 Å². The highest BCUT2D eigenvalue weighted by molar-refractivity contribution is 5.98. The summed E-state index contributed by atoms with van der Waals surface area (Å²) in [5.74, 6) is 2.24. The van der Waals surface area contributed by atoms with E-state index in [1.54, 1.807) is 10.8 Å². The molecule has 3 atom stereocenters. The molecule has 25 heavy (non-hydrogen) atoms. The fourth-order valence-corrected chi connectivity index (χ4v) is 4.74. The molecule has 2 fully saturated rings. The van der Waals surface area contributed by atoms with E-state index < -0.39 is 6.08 Å². The van der Waals surface area contributed by atoms with Gasteiger partial charge in [0.2, 0.25) is 0 Å². The van der Waals surface area contributed by atoms with Crippen molar-refractivity contribution in [2.45, 2.75) is 56.7 Å². The molecular formula is C16H19FN8. The van der Waals surface area contributed by atoms with Crippen molar-refractivity contribution in [1.82, 2.24) is 30.0 Å². The molecule has 0 aromatic carbocycles. The second-order valence-corrected chi connectivity index (χ2v) is 7.47. The van der Waals surface area contributed by atoms with Gasteiger partial charge in [0.25, 0.3) is 12.0 Å². The first-order valence-corrected chi connectivity index (χ1v) is 9.09. The molecule has 0 saturated heterocycles. The molecule has 9 heteroatoms. The van der Waals surface area contributed by atoms with Gasteiger partial charge >= 0.3 is 0 Å². The van der Waals surface area contributed by atoms with Crippen molar-refractivity contribution in [2.75, 3.05) is 4.90 Å². The predicted octanol–water partition coefficient (Wildman–Crippen LogP) is 1.79. The maximum Gasteiger partial charge on any atom is 0.291 e. The highest BCUT2D eigenvalue weighted by atomic mass is 19.1. The van der Waals surface area contributed by atoms with Gasteiger partial charge in [-0.3, -0.25) is 14.9 Å². The van der Waals surface area contributed by atoms with Crippen molar-refractivity contribution in [3.8, 4) is 0 Å². The summed E-state index contributed by atoms with van der Waals surface area (Å²) in [6.07, 6.45) is 9.73. The molecule has 3 unspecified atom stereocenters. The lowest BCUT2D eigenvalue weighted by Crippen LogP contribution is -2.55. The standard InChI is InChI=1S/C16H19FN8/c17-15-18-8-13-23(15)11-4-2-1-3-10(11)14-20-21-16(24(13)14)25-12(7-19-22-25)9-5-6-9/h7-11,14,20H,1-6H2. The Morgan fingerprint density at radius 1 is 1.12 bits per heavy atom. The van der Waals surface area contributed by atoms with Crippen LogP contribution in [0.15, 0.2) is 17.5 Å². The summed E-state index contributed by atoms with van der Waals surface area (Å²) in [5, 5.41) is 12.9. The van der Waals surface area contributed by atoms with Gasteiger partial charge in [0.05, 0.1) is 18.1 Å². The molecule has 2 saturated carbocycles. The third-order valence-electron chi connectivity index (χ3n) is 6.05. The van der Waals surface area contributed by atoms with E-state index in [-0.39, 0.29) is 12.2 Å². The number of halogens is 1. The average Bonchev–Trinajstić information content (AvgIpc) is 3.05. The van der Waals surface area contributed by atoms with Crippen LogP contribution in [0.3, 0.4) is 0 Å². The van der Waals surface area contributed by atoms with E-state index in [0.717, 1.165) is 43.6 Å². The molecule has 8 nitrogen and oxygen atoms in total. The number of hydrazone groups is 1. The first-order chi connectivity index (χ1) is 12.3. The van der Waals surface area contributed by atoms with Crippen molar-refractivity contribution < 1.29 is 4.39 Å². The third-order valence-corrected chi connectivity index (χ3v) is 6.05. The zero-order chi connectivity index (χ0) is 16.5. The molecule has 1 N–H and O–H groups in total. The molecule has 2 aliphatic heterocycles. The number of nitrogens with one attached hydrogen (secondary N) is 1. The summed E-state index contributed by atoms with van der Waals surface area (Å²) in [6.45, 7) is 0. The summed E-state index contributed by atoms with van der Waals surface area (Å²) < 4.78 is 18.0. The van der Waals surface area contributed by atoms with Crippen molar-refractivity contribution >= 4 is 11.8 Å². The van der Waals surface area contributed by atoms with Gasteiger partial charge in [-0.2, -0.15) is 9.07 Å². The quantitative estimate of drug-likeness (QED) is 0.855. The molecule has 130 valence electrons. The lowest BCUT2D eigenvalue weighted by molar-refractivity contribution is 0.161. The van der Waals surface area contributed by atoms with Crippen LogP contribution in [0.25, 0.3) is 0 Å². The largest absolute Gasteiger partial charge is 0.291 e. The Hall–Kier alpha value is -2.45. The molecule has 6 rings (SSSR count). The summed E-state index contributed by atoms with van der Waals surface area (Å²) in [7, 11) is 0. The van der Waals surface area contributed by atoms with Gasteiger partial charge in [-0.15, -0.1) is 10.2 Å². The Balaban J connectivity index is 1.48. The number of imidazole rings is 1. The van der Waals surface area contributed by atoms with Crippen LogP contribution >= 0.6 is 0 Å². The Morgan fingerprint density at radius 2 is 2.00 bits per heavy atom. The Labute approximate surface area is 143 Å². The number of anilines is 1. The zero-order valence-corrected chi connectivity index (χ0v) is 13.7. The van der Waals surface area contributed by atoms with Crippen LogP contribution in [0.2, 0.25) is 0 Å². The van der Waals surface area contributed by atoms with Gasteiger partial charge in [0.15, 0.2) is 0 Å². The van der Waals surface area contributed by atoms with Crippen LogP contribution in [-0.4, -0.2) is 36.7 Å². The van der Waals surface area contributed by atoms with Gasteiger partial charge in [0, 0.05) is 17.9 Å². The number of hydrogen-bond acceptors (Lipinski definition) is 6. The van der Waals surface area contributed by atoms with Crippen LogP contribution < -0.4 is 10.3 Å². The molecular weight excluding hydrogens is 323 g/mol. The number of nitrogens with zero attached hydrogens (tertiary/aromatic N) is 7. The number of rotatable bonds is 1. The summed E-state index contributed by atoms with van der Waals surface area (Å²) in [5.41, 5.74) is 4.38. The van der Waals surface area contributed by atoms with E-state index >= 15 is 0 Å². The first kappa shape index (κ1) is 13.8. The minimum Gasteiger partial charge on any atom is -0.283 e. The Bertz CT molecular complexity index is 865. The van der Waals surface area contributed by atoms with Crippen molar-refractivity contribution in [1.29, 1.82) is 0 Å². The Morgan fingerprint density at radius 3 is 2.88 bits per heavy atom. The van der Waals surface area contributed by atoms with Crippen LogP contribution in [0, 0.1) is 12.0 Å². The van der Waals surface area contributed by atoms with E-state index in [0.29, 0.717) is 17.8 Å². The average molecular weight is 342 g/mol. The van der Waals surface area contributed by atoms with Crippen molar-refractivity contribution in [3.63, 3.8) is 0 Å². The second kappa shape index (κ2) is 4.80. The van der Waals surface area contributed by atoms with E-state index in [9.17, 15) is 4.39 Å². The lowest BCUT2D eigenvalue weighted by atomic mass is 9.80. The molecule has 2 aromatic rings. The normalized spacial score (nSPS) is 30.4. The van der Waals surface area contributed by atoms with Crippen molar-refractivity contribution in [2.24, 2.45) is 11.0 Å². The van der Waals surface area contributed by atoms with Crippen LogP contribution in [0.5, 0.6) is 0 Å². The molecule has 4 aliphatic rings. The smallest absolute Gasteiger partial charge is 0.283 e. The van der Waals surface area contributed by atoms with Gasteiger partial charge in [-0.25, -0.2) is 4.98 Å². The summed E-state index contributed by atoms with van der Waals surface area (Å²) in [6, 6.07) is 0.146. The molecule has 0 spiro atoms. The number of fused-ring (bicyclic) bond motifs is 6. The van der Waals surface area contributed by atoms with E-state index in [1.807, 2.05) is 10.9 Å². The molecule has 2 aliphatic carbocycles. The fraction of sp³-hybridized carbons (Fsp3) is 0.625. The molecule has 0 bridgehead atoms. The molecule has 4 heterocycles. The minimum atomic E-state index is -0.405. The zero-order valence-electron chi connectivity index (χ0n) is 13.7. The second-order valence-electron chi connectivity index (χ2n) is 7.47. The van der Waals surface area contributed by atoms with Crippen LogP contribution in [0.1, 0.15) is 56.2 Å². The van der Waals surface area contributed by atoms with E-state index in [2.05, 4.69) is 30.7 Å². The fourth-order valence-electron chi connectivity index (χ4n) is 4.74. The maximum absolute atomic E-state index is 14.5. The third kappa shape index (κ3) is 1.81. The van der Waals surface area contributed by atoms with E-state index in [1.165, 1.54) is 6.42 Å². The predicted molar refractivity (Wildman–Crippen MR) is 87.4 cm³/mol. The number of hydrogen-bond donors (Lipinski definition) is 1. The first-order valence-electron chi connectivity index (χ1n) is 9.09. The van der Waals surface area contributed by atoms with Crippen LogP contribution in [-0.2, 0) is 0 Å². The van der Waals surface area contributed by atoms with Gasteiger partial charge in [-0.05, 0) is 25.7 Å². The monoisotopic (exact) mass is 342 g/mol. The van der Waals surface area contributed by atoms with Gasteiger partial charge in [0.1, 0.15) is 12.0 Å². The molecule has 2 aromatic heterocycles. The molecule has 0 radical (unpaired) electrons. The topological polar surface area (TPSA) is 76.2 Å². The summed E-state index contributed by atoms with van der Waals surface area (Å²) >= 11 is 0. The number of aromatic nitrogens is 5. The molecule has 0 amide bonds. The van der Waals surface area contributed by atoms with E-state index in [4.69, 9.17) is 0 Å². The Kier molecular flexibility index (Phi) is 2.65.